The number of nitrogens with one attached hydrogen (secondary N) is 2. The van der Waals surface area contributed by atoms with E-state index in [4.69, 9.17) is 9.47 Å². The summed E-state index contributed by atoms with van der Waals surface area (Å²) >= 11 is 0. The largest absolute Gasteiger partial charge is 0.497 e. The third-order valence-electron chi connectivity index (χ3n) is 4.15. The summed E-state index contributed by atoms with van der Waals surface area (Å²) in [6.07, 6.45) is 1.67. The summed E-state index contributed by atoms with van der Waals surface area (Å²) < 4.78 is 38.7. The minimum absolute atomic E-state index is 0.0753. The highest BCUT2D eigenvalue weighted by Crippen LogP contribution is 2.24. The molecular weight excluding hydrogens is 392 g/mol. The van der Waals surface area contributed by atoms with Crippen LogP contribution in [-0.4, -0.2) is 34.1 Å². The highest BCUT2D eigenvalue weighted by molar-refractivity contribution is 7.92. The van der Waals surface area contributed by atoms with Crippen LogP contribution in [-0.2, 0) is 19.6 Å². The van der Waals surface area contributed by atoms with Gasteiger partial charge in [-0.25, -0.2) is 8.42 Å². The number of hydrogen-bond acceptors (Lipinski definition) is 5. The molecule has 1 amide bonds. The van der Waals surface area contributed by atoms with Crippen molar-refractivity contribution < 1.29 is 22.7 Å². The number of benzene rings is 2. The molecule has 0 radical (unpaired) electrons. The van der Waals surface area contributed by atoms with Gasteiger partial charge in [0, 0.05) is 11.4 Å². The fourth-order valence-electron chi connectivity index (χ4n) is 2.48. The van der Waals surface area contributed by atoms with Gasteiger partial charge in [-0.2, -0.15) is 0 Å². The monoisotopic (exact) mass is 418 g/mol. The Labute approximate surface area is 171 Å². The average molecular weight is 419 g/mol. The third-order valence-corrected chi connectivity index (χ3v) is 5.67. The molecule has 1 atom stereocenters. The van der Waals surface area contributed by atoms with Gasteiger partial charge in [0.25, 0.3) is 15.9 Å². The van der Waals surface area contributed by atoms with Crippen molar-refractivity contribution in [2.75, 3.05) is 23.8 Å². The minimum Gasteiger partial charge on any atom is -0.497 e. The fourth-order valence-corrected chi connectivity index (χ4v) is 3.81. The molecule has 0 aromatic heterocycles. The molecule has 0 saturated heterocycles. The van der Waals surface area contributed by atoms with Crippen LogP contribution in [0.15, 0.2) is 60.0 Å². The first-order valence-electron chi connectivity index (χ1n) is 9.07. The van der Waals surface area contributed by atoms with Crippen molar-refractivity contribution >= 4 is 27.3 Å². The number of carbonyl (C=O) groups excluding carboxylic acids is 1. The van der Waals surface area contributed by atoms with E-state index in [1.54, 1.807) is 56.3 Å². The Morgan fingerprint density at radius 2 is 1.83 bits per heavy atom. The predicted molar refractivity (Wildman–Crippen MR) is 114 cm³/mol. The van der Waals surface area contributed by atoms with Crippen molar-refractivity contribution in [1.82, 2.24) is 0 Å². The van der Waals surface area contributed by atoms with E-state index >= 15 is 0 Å². The number of ether oxygens (including phenoxy) is 2. The topological polar surface area (TPSA) is 93.7 Å². The number of aryl methyl sites for hydroxylation is 1. The zero-order valence-electron chi connectivity index (χ0n) is 16.8. The third kappa shape index (κ3) is 6.33. The lowest BCUT2D eigenvalue weighted by molar-refractivity contribution is -0.126. The second kappa shape index (κ2) is 10.1. The number of hydrogen-bond donors (Lipinski definition) is 2. The highest BCUT2D eigenvalue weighted by Gasteiger charge is 2.19. The van der Waals surface area contributed by atoms with Gasteiger partial charge in [0.2, 0.25) is 0 Å². The van der Waals surface area contributed by atoms with Crippen LogP contribution >= 0.6 is 0 Å². The molecule has 156 valence electrons. The number of sulfonamides is 1. The zero-order valence-corrected chi connectivity index (χ0v) is 17.6. The molecule has 2 N–H and O–H groups in total. The Kier molecular flexibility index (Phi) is 7.81. The summed E-state index contributed by atoms with van der Waals surface area (Å²) in [4.78, 5) is 12.3. The van der Waals surface area contributed by atoms with Gasteiger partial charge in [0.05, 0.1) is 18.6 Å². The molecule has 2 aromatic carbocycles. The molecule has 0 bridgehead atoms. The van der Waals surface area contributed by atoms with Crippen LogP contribution in [0.1, 0.15) is 18.9 Å². The van der Waals surface area contributed by atoms with E-state index in [9.17, 15) is 13.2 Å². The van der Waals surface area contributed by atoms with E-state index in [-0.39, 0.29) is 10.8 Å². The summed E-state index contributed by atoms with van der Waals surface area (Å²) in [5.74, 6) is 0.266. The van der Waals surface area contributed by atoms with Crippen LogP contribution < -0.4 is 14.8 Å². The molecule has 0 fully saturated rings. The Morgan fingerprint density at radius 1 is 1.17 bits per heavy atom. The van der Waals surface area contributed by atoms with Crippen LogP contribution in [0.2, 0.25) is 0 Å². The number of anilines is 2. The highest BCUT2D eigenvalue weighted by atomic mass is 32.2. The molecule has 7 nitrogen and oxygen atoms in total. The first-order chi connectivity index (χ1) is 13.8. The van der Waals surface area contributed by atoms with Gasteiger partial charge in [0.15, 0.2) is 0 Å². The Balaban J connectivity index is 2.16. The van der Waals surface area contributed by atoms with Crippen molar-refractivity contribution in [3.05, 3.63) is 60.7 Å². The van der Waals surface area contributed by atoms with Crippen LogP contribution in [0, 0.1) is 6.92 Å². The second-order valence-electron chi connectivity index (χ2n) is 6.39. The van der Waals surface area contributed by atoms with E-state index in [1.165, 1.54) is 13.2 Å². The molecule has 8 heteroatoms. The maximum absolute atomic E-state index is 12.8. The lowest BCUT2D eigenvalue weighted by Crippen LogP contribution is -2.28. The van der Waals surface area contributed by atoms with Gasteiger partial charge in [-0.1, -0.05) is 12.1 Å². The lowest BCUT2D eigenvalue weighted by Gasteiger charge is -2.15. The molecule has 0 aliphatic heterocycles. The van der Waals surface area contributed by atoms with Crippen LogP contribution in [0.25, 0.3) is 0 Å². The molecule has 0 aliphatic rings. The average Bonchev–Trinajstić information content (AvgIpc) is 2.69. The Morgan fingerprint density at radius 3 is 2.45 bits per heavy atom. The molecule has 2 rings (SSSR count). The van der Waals surface area contributed by atoms with Gasteiger partial charge in [0.1, 0.15) is 11.9 Å². The summed E-state index contributed by atoms with van der Waals surface area (Å²) in [5, 5.41) is 2.69. The molecule has 0 spiro atoms. The van der Waals surface area contributed by atoms with Crippen LogP contribution in [0.4, 0.5) is 11.4 Å². The normalized spacial score (nSPS) is 12.1. The summed E-state index contributed by atoms with van der Waals surface area (Å²) in [5.41, 5.74) is 1.33. The van der Waals surface area contributed by atoms with Crippen molar-refractivity contribution in [2.24, 2.45) is 0 Å². The maximum atomic E-state index is 12.8. The van der Waals surface area contributed by atoms with E-state index in [0.29, 0.717) is 35.7 Å². The first kappa shape index (κ1) is 22.4. The second-order valence-corrected chi connectivity index (χ2v) is 8.04. The van der Waals surface area contributed by atoms with E-state index < -0.39 is 16.1 Å². The first-order valence-corrected chi connectivity index (χ1v) is 10.6. The lowest BCUT2D eigenvalue weighted by atomic mass is 10.2. The molecule has 0 aliphatic carbocycles. The quantitative estimate of drug-likeness (QED) is 0.453. The van der Waals surface area contributed by atoms with Gasteiger partial charge in [-0.15, -0.1) is 6.58 Å². The predicted octanol–water partition coefficient (Wildman–Crippen LogP) is 3.72. The van der Waals surface area contributed by atoms with Gasteiger partial charge in [-0.3, -0.25) is 9.52 Å². The number of carbonyl (C=O) groups is 1. The summed E-state index contributed by atoms with van der Waals surface area (Å²) in [6.45, 7) is 7.31. The van der Waals surface area contributed by atoms with Crippen molar-refractivity contribution in [3.8, 4) is 5.75 Å². The smallest absolute Gasteiger partial charge is 0.262 e. The minimum atomic E-state index is -3.84. The molecule has 1 unspecified atom stereocenters. The zero-order chi connectivity index (χ0) is 21.4. The SMILES string of the molecule is C=CCCOC(C)C(=O)Nc1ccc(C)c(S(=O)(=O)Nc2ccc(OC)cc2)c1. The standard InChI is InChI=1S/C21H26N2O5S/c1-5-6-13-28-16(3)21(24)22-18-8-7-15(2)20(14-18)29(25,26)23-17-9-11-19(27-4)12-10-17/h5,7-12,14,16,23H,1,6,13H2,2-4H3,(H,22,24). The van der Waals surface area contributed by atoms with E-state index in [1.807, 2.05) is 0 Å². The van der Waals surface area contributed by atoms with Gasteiger partial charge >= 0.3 is 0 Å². The van der Waals surface area contributed by atoms with Gasteiger partial charge in [-0.05, 0) is 62.2 Å². The van der Waals surface area contributed by atoms with Crippen molar-refractivity contribution in [1.29, 1.82) is 0 Å². The summed E-state index contributed by atoms with van der Waals surface area (Å²) in [7, 11) is -2.31. The van der Waals surface area contributed by atoms with E-state index in [2.05, 4.69) is 16.6 Å². The molecule has 0 heterocycles. The molecule has 2 aromatic rings. The summed E-state index contributed by atoms with van der Waals surface area (Å²) in [6, 6.07) is 11.3. The number of amides is 1. The van der Waals surface area contributed by atoms with Crippen molar-refractivity contribution in [3.63, 3.8) is 0 Å². The van der Waals surface area contributed by atoms with Crippen molar-refractivity contribution in [2.45, 2.75) is 31.3 Å². The Bertz CT molecular complexity index is 956. The molecule has 29 heavy (non-hydrogen) atoms. The van der Waals surface area contributed by atoms with Gasteiger partial charge < -0.3 is 14.8 Å². The molecular formula is C21H26N2O5S. The van der Waals surface area contributed by atoms with Crippen LogP contribution in [0.3, 0.4) is 0 Å². The molecule has 0 saturated carbocycles. The fraction of sp³-hybridized carbons (Fsp3) is 0.286. The van der Waals surface area contributed by atoms with Crippen LogP contribution in [0.5, 0.6) is 5.75 Å². The number of methoxy groups -OCH3 is 1. The number of rotatable bonds is 10. The maximum Gasteiger partial charge on any atom is 0.262 e. The van der Waals surface area contributed by atoms with E-state index in [0.717, 1.165) is 0 Å². The Hall–Kier alpha value is -2.84.